The Morgan fingerprint density at radius 2 is 0.923 bits per heavy atom. The summed E-state index contributed by atoms with van der Waals surface area (Å²) in [5, 5.41) is 26.1. The van der Waals surface area contributed by atoms with Crippen molar-refractivity contribution in [3.05, 3.63) is 82.7 Å². The van der Waals surface area contributed by atoms with Crippen LogP contribution in [0.4, 0.5) is 61.2 Å². The van der Waals surface area contributed by atoms with Gasteiger partial charge in [0.1, 0.15) is 46.3 Å². The maximum absolute atomic E-state index is 14.3. The number of nitrogens with one attached hydrogen (secondary N) is 2. The van der Waals surface area contributed by atoms with Gasteiger partial charge in [0.25, 0.3) is 0 Å². The first-order valence-corrected chi connectivity index (χ1v) is 21.7. The second-order valence-corrected chi connectivity index (χ2v) is 17.0. The van der Waals surface area contributed by atoms with Crippen LogP contribution in [0.3, 0.4) is 0 Å². The van der Waals surface area contributed by atoms with Gasteiger partial charge in [0, 0.05) is 85.9 Å². The first-order chi connectivity index (χ1) is 30.9. The zero-order valence-electron chi connectivity index (χ0n) is 34.8. The maximum atomic E-state index is 14.3. The third-order valence-corrected chi connectivity index (χ3v) is 12.4. The molecule has 4 N–H and O–H groups in total. The summed E-state index contributed by atoms with van der Waals surface area (Å²) in [6, 6.07) is 2.69. The molecule has 4 aliphatic heterocycles. The fourth-order valence-electron chi connectivity index (χ4n) is 9.11. The summed E-state index contributed by atoms with van der Waals surface area (Å²) in [7, 11) is 0. The van der Waals surface area contributed by atoms with Crippen molar-refractivity contribution in [3.63, 3.8) is 0 Å². The average molecular weight is 911 g/mol. The van der Waals surface area contributed by atoms with E-state index in [1.807, 2.05) is 9.80 Å². The summed E-state index contributed by atoms with van der Waals surface area (Å²) in [4.78, 5) is 30.5. The quantitative estimate of drug-likeness (QED) is 0.128. The van der Waals surface area contributed by atoms with Gasteiger partial charge in [-0.15, -0.1) is 0 Å². The first-order valence-electron chi connectivity index (χ1n) is 21.7. The van der Waals surface area contributed by atoms with Crippen molar-refractivity contribution in [1.29, 1.82) is 0 Å². The number of aliphatic imine (C=N–C) groups is 2. The Hall–Kier alpha value is -5.44. The number of amidine groups is 2. The Balaban J connectivity index is 0.000000175. The summed E-state index contributed by atoms with van der Waals surface area (Å²) >= 11 is 0. The highest BCUT2D eigenvalue weighted by atomic mass is 19.2. The first kappa shape index (κ1) is 46.1. The van der Waals surface area contributed by atoms with Crippen LogP contribution in [0.15, 0.2) is 46.6 Å². The van der Waals surface area contributed by atoms with Gasteiger partial charge in [0.2, 0.25) is 11.9 Å². The lowest BCUT2D eigenvalue weighted by molar-refractivity contribution is 0.125. The molecule has 2 atom stereocenters. The Morgan fingerprint density at radius 1 is 0.554 bits per heavy atom. The molecule has 0 spiro atoms. The van der Waals surface area contributed by atoms with E-state index in [9.17, 15) is 36.6 Å². The van der Waals surface area contributed by atoms with Gasteiger partial charge in [-0.1, -0.05) is 7.43 Å². The number of nitrogens with zero attached hydrogens (tertiary/aromatic N) is 8. The summed E-state index contributed by atoms with van der Waals surface area (Å²) < 4.78 is 94.8. The van der Waals surface area contributed by atoms with Crippen molar-refractivity contribution in [2.75, 3.05) is 46.9 Å². The molecule has 2 aromatic carbocycles. The molecule has 0 radical (unpaired) electrons. The van der Waals surface area contributed by atoms with Crippen LogP contribution in [0.1, 0.15) is 82.8 Å². The summed E-state index contributed by atoms with van der Waals surface area (Å²) in [6.07, 6.45) is 11.2. The minimum Gasteiger partial charge on any atom is -0.393 e. The lowest BCUT2D eigenvalue weighted by Crippen LogP contribution is -2.39. The zero-order chi connectivity index (χ0) is 44.5. The number of ether oxygens (including phenoxy) is 2. The normalized spacial score (nSPS) is 26.2. The number of fused-ring (bicyclic) bond motifs is 2. The molecule has 4 fully saturated rings. The monoisotopic (exact) mass is 910 g/mol. The highest BCUT2D eigenvalue weighted by Gasteiger charge is 2.38. The number of rotatable bonds is 8. The largest absolute Gasteiger partial charge is 0.393 e. The molecule has 0 unspecified atom stereocenters. The Labute approximate surface area is 372 Å². The lowest BCUT2D eigenvalue weighted by Gasteiger charge is -2.27. The molecule has 10 rings (SSSR count). The summed E-state index contributed by atoms with van der Waals surface area (Å²) in [6.45, 7) is 2.04. The van der Waals surface area contributed by atoms with Gasteiger partial charge in [0.15, 0.2) is 23.3 Å². The minimum atomic E-state index is -1.05. The molecule has 2 saturated carbocycles. The molecule has 348 valence electrons. The van der Waals surface area contributed by atoms with E-state index < -0.39 is 46.3 Å². The second kappa shape index (κ2) is 20.0. The van der Waals surface area contributed by atoms with Gasteiger partial charge < -0.3 is 40.1 Å². The molecule has 2 saturated heterocycles. The Bertz CT molecular complexity index is 2190. The fourth-order valence-corrected chi connectivity index (χ4v) is 9.11. The predicted octanol–water partition coefficient (Wildman–Crippen LogP) is 7.62. The van der Waals surface area contributed by atoms with Crippen LogP contribution in [0.5, 0.6) is 0 Å². The van der Waals surface area contributed by atoms with Gasteiger partial charge in [-0.3, -0.25) is 0 Å². The molecule has 0 amide bonds. The molecule has 4 aromatic rings. The molecule has 6 heterocycles. The van der Waals surface area contributed by atoms with Crippen LogP contribution < -0.4 is 20.4 Å². The van der Waals surface area contributed by atoms with Gasteiger partial charge in [-0.25, -0.2) is 46.3 Å². The highest BCUT2D eigenvalue weighted by Crippen LogP contribution is 2.37. The number of aliphatic hydroxyl groups is 2. The topological polar surface area (TPSA) is 166 Å². The number of anilines is 4. The molecular formula is C45H52F6N10O4. The molecule has 2 aromatic heterocycles. The van der Waals surface area contributed by atoms with Crippen molar-refractivity contribution < 1.29 is 46.0 Å². The van der Waals surface area contributed by atoms with Crippen molar-refractivity contribution in [2.45, 2.75) is 121 Å². The second-order valence-electron chi connectivity index (χ2n) is 17.0. The maximum Gasteiger partial charge on any atom is 0.224 e. The highest BCUT2D eigenvalue weighted by molar-refractivity contribution is 6.06. The molecule has 2 aliphatic carbocycles. The Kier molecular flexibility index (Phi) is 14.2. The van der Waals surface area contributed by atoms with E-state index in [1.165, 1.54) is 0 Å². The number of aromatic nitrogens is 4. The minimum absolute atomic E-state index is 0. The van der Waals surface area contributed by atoms with E-state index in [2.05, 4.69) is 30.6 Å². The fraction of sp³-hybridized carbons (Fsp3) is 0.511. The summed E-state index contributed by atoms with van der Waals surface area (Å²) in [5.74, 6) is -3.15. The third kappa shape index (κ3) is 10.3. The van der Waals surface area contributed by atoms with Crippen LogP contribution >= 0.6 is 0 Å². The van der Waals surface area contributed by atoms with E-state index in [1.54, 1.807) is 12.4 Å². The SMILES string of the molecule is C.OC1CCC(Nc2ncc3c(n2)N([C@H]2CCOC2)C(=Nc2c(F)cc(F)cc2F)C3)CC1.OC1CCC(Nc2ncc3c(n2)N([C@H]2CCOC2)C(=Nc2c(F)cc(F)cc2F)C3)CC1. The van der Waals surface area contributed by atoms with Gasteiger partial charge in [-0.05, 0) is 64.2 Å². The number of hydrogen-bond donors (Lipinski definition) is 4. The van der Waals surface area contributed by atoms with E-state index in [0.717, 1.165) is 75.3 Å². The molecule has 6 aliphatic rings. The van der Waals surface area contributed by atoms with Crippen LogP contribution in [-0.2, 0) is 22.3 Å². The van der Waals surface area contributed by atoms with Crippen molar-refractivity contribution in [1.82, 2.24) is 19.9 Å². The van der Waals surface area contributed by atoms with Crippen molar-refractivity contribution >= 4 is 46.6 Å². The van der Waals surface area contributed by atoms with E-state index in [-0.39, 0.29) is 43.8 Å². The zero-order valence-corrected chi connectivity index (χ0v) is 34.8. The number of benzene rings is 2. The number of hydrogen-bond acceptors (Lipinski definition) is 12. The van der Waals surface area contributed by atoms with Crippen LogP contribution in [0.25, 0.3) is 0 Å². The molecule has 20 heteroatoms. The van der Waals surface area contributed by atoms with Crippen LogP contribution in [0.2, 0.25) is 0 Å². The van der Waals surface area contributed by atoms with Crippen LogP contribution in [0, 0.1) is 34.9 Å². The van der Waals surface area contributed by atoms with Gasteiger partial charge >= 0.3 is 0 Å². The molecule has 0 bridgehead atoms. The van der Waals surface area contributed by atoms with Crippen LogP contribution in [-0.4, -0.2) is 105 Å². The van der Waals surface area contributed by atoms with Gasteiger partial charge in [0.05, 0.1) is 37.5 Å². The average Bonchev–Trinajstić information content (AvgIpc) is 4.09. The molecular weight excluding hydrogens is 859 g/mol. The van der Waals surface area contributed by atoms with Crippen molar-refractivity contribution in [2.24, 2.45) is 9.98 Å². The lowest BCUT2D eigenvalue weighted by atomic mass is 9.93. The standard InChI is InChI=1S/2C22H24F3N5O2.CH4/c2*23-13-8-17(24)20(18(25)9-13)28-19-7-12-10-26-22(27-14-1-3-16(31)4-2-14)29-21(12)30(19)15-5-6-32-11-15;/h2*8-10,14-16,31H,1-7,11H2,(H,26,27,29);1H4/t2*14?,15-,16?;/m00./s1. The smallest absolute Gasteiger partial charge is 0.224 e. The van der Waals surface area contributed by atoms with E-state index in [0.29, 0.717) is 98.7 Å². The van der Waals surface area contributed by atoms with Gasteiger partial charge in [-0.2, -0.15) is 9.97 Å². The Morgan fingerprint density at radius 3 is 1.26 bits per heavy atom. The summed E-state index contributed by atoms with van der Waals surface area (Å²) in [5.41, 5.74) is 0.543. The third-order valence-electron chi connectivity index (χ3n) is 12.4. The molecule has 65 heavy (non-hydrogen) atoms. The van der Waals surface area contributed by atoms with E-state index in [4.69, 9.17) is 19.4 Å². The molecule has 14 nitrogen and oxygen atoms in total. The predicted molar refractivity (Wildman–Crippen MR) is 232 cm³/mol. The van der Waals surface area contributed by atoms with Crippen molar-refractivity contribution in [3.8, 4) is 0 Å². The number of aliphatic hydroxyl groups excluding tert-OH is 2. The number of halogens is 6. The van der Waals surface area contributed by atoms with E-state index >= 15 is 0 Å².